The number of amides is 2. The predicted molar refractivity (Wildman–Crippen MR) is 96.5 cm³/mol. The molecular formula is C19H15N5O2. The van der Waals surface area contributed by atoms with E-state index in [4.69, 9.17) is 5.73 Å². The number of aromatic nitrogens is 3. The van der Waals surface area contributed by atoms with Gasteiger partial charge in [-0.2, -0.15) is 5.10 Å². The van der Waals surface area contributed by atoms with Crippen LogP contribution < -0.4 is 11.1 Å². The van der Waals surface area contributed by atoms with Crippen molar-refractivity contribution >= 4 is 17.5 Å². The lowest BCUT2D eigenvalue weighted by atomic mass is 10.1. The molecule has 0 bridgehead atoms. The Morgan fingerprint density at radius 1 is 1.12 bits per heavy atom. The van der Waals surface area contributed by atoms with Gasteiger partial charge in [0, 0.05) is 34.9 Å². The van der Waals surface area contributed by atoms with E-state index in [1.54, 1.807) is 36.5 Å². The molecule has 4 N–H and O–H groups in total. The van der Waals surface area contributed by atoms with Crippen LogP contribution in [0, 0.1) is 18.8 Å². The third-order valence-corrected chi connectivity index (χ3v) is 3.43. The summed E-state index contributed by atoms with van der Waals surface area (Å²) in [5.41, 5.74) is 8.52. The van der Waals surface area contributed by atoms with Crippen molar-refractivity contribution in [2.75, 3.05) is 5.32 Å². The van der Waals surface area contributed by atoms with E-state index in [0.29, 0.717) is 28.1 Å². The Morgan fingerprint density at radius 2 is 1.92 bits per heavy atom. The van der Waals surface area contributed by atoms with E-state index in [9.17, 15) is 9.59 Å². The molecule has 2 amide bonds. The van der Waals surface area contributed by atoms with Gasteiger partial charge in [-0.05, 0) is 37.3 Å². The van der Waals surface area contributed by atoms with Gasteiger partial charge < -0.3 is 11.1 Å². The second kappa shape index (κ2) is 7.32. The quantitative estimate of drug-likeness (QED) is 0.629. The Balaban J connectivity index is 1.77. The summed E-state index contributed by atoms with van der Waals surface area (Å²) in [6, 6.07) is 10.3. The molecule has 128 valence electrons. The summed E-state index contributed by atoms with van der Waals surface area (Å²) in [7, 11) is 0. The number of benzene rings is 1. The standard InChI is InChI=1S/C19H15N5O2/c1-12-7-17(24-23-12)19(26)22-16-4-2-3-13(9-16)5-6-14-8-15(18(20)25)11-21-10-14/h2-4,7-11H,1H3,(H2,20,25)(H,22,26)(H,23,24). The van der Waals surface area contributed by atoms with Crippen molar-refractivity contribution in [3.8, 4) is 11.8 Å². The van der Waals surface area contributed by atoms with Crippen molar-refractivity contribution in [3.63, 3.8) is 0 Å². The average molecular weight is 345 g/mol. The summed E-state index contributed by atoms with van der Waals surface area (Å²) in [4.78, 5) is 27.3. The zero-order chi connectivity index (χ0) is 18.5. The summed E-state index contributed by atoms with van der Waals surface area (Å²) < 4.78 is 0. The Hall–Kier alpha value is -3.92. The maximum Gasteiger partial charge on any atom is 0.276 e. The normalized spacial score (nSPS) is 9.88. The van der Waals surface area contributed by atoms with Crippen LogP contribution in [0.2, 0.25) is 0 Å². The fourth-order valence-corrected chi connectivity index (χ4v) is 2.19. The highest BCUT2D eigenvalue weighted by Crippen LogP contribution is 2.12. The number of hydrogen-bond donors (Lipinski definition) is 3. The van der Waals surface area contributed by atoms with Gasteiger partial charge in [-0.15, -0.1) is 0 Å². The number of nitrogens with two attached hydrogens (primary N) is 1. The highest BCUT2D eigenvalue weighted by Gasteiger charge is 2.09. The Kier molecular flexibility index (Phi) is 4.76. The smallest absolute Gasteiger partial charge is 0.276 e. The molecule has 0 unspecified atom stereocenters. The topological polar surface area (TPSA) is 114 Å². The van der Waals surface area contributed by atoms with Crippen LogP contribution in [-0.4, -0.2) is 27.0 Å². The number of nitrogens with one attached hydrogen (secondary N) is 2. The summed E-state index contributed by atoms with van der Waals surface area (Å²) in [6.45, 7) is 1.82. The van der Waals surface area contributed by atoms with Crippen molar-refractivity contribution < 1.29 is 9.59 Å². The third-order valence-electron chi connectivity index (χ3n) is 3.43. The molecule has 0 atom stereocenters. The molecule has 0 radical (unpaired) electrons. The van der Waals surface area contributed by atoms with Crippen molar-refractivity contribution in [2.24, 2.45) is 5.73 Å². The molecule has 0 aliphatic heterocycles. The first kappa shape index (κ1) is 16.9. The number of H-pyrrole nitrogens is 1. The maximum absolute atomic E-state index is 12.1. The number of hydrogen-bond acceptors (Lipinski definition) is 4. The number of rotatable bonds is 3. The molecule has 7 nitrogen and oxygen atoms in total. The van der Waals surface area contributed by atoms with E-state index in [0.717, 1.165) is 5.69 Å². The molecule has 2 aromatic heterocycles. The van der Waals surface area contributed by atoms with Crippen LogP contribution in [0.15, 0.2) is 48.8 Å². The van der Waals surface area contributed by atoms with E-state index in [1.807, 2.05) is 13.0 Å². The van der Waals surface area contributed by atoms with Gasteiger partial charge in [0.15, 0.2) is 5.69 Å². The van der Waals surface area contributed by atoms with Crippen LogP contribution >= 0.6 is 0 Å². The number of primary amides is 1. The number of aryl methyl sites for hydroxylation is 1. The van der Waals surface area contributed by atoms with Gasteiger partial charge in [-0.1, -0.05) is 17.9 Å². The predicted octanol–water partition coefficient (Wildman–Crippen LogP) is 1.86. The van der Waals surface area contributed by atoms with Crippen LogP contribution in [-0.2, 0) is 0 Å². The largest absolute Gasteiger partial charge is 0.366 e. The van der Waals surface area contributed by atoms with Gasteiger partial charge in [-0.3, -0.25) is 19.7 Å². The number of anilines is 1. The van der Waals surface area contributed by atoms with Gasteiger partial charge in [-0.25, -0.2) is 0 Å². The van der Waals surface area contributed by atoms with Crippen molar-refractivity contribution in [2.45, 2.75) is 6.92 Å². The van der Waals surface area contributed by atoms with Crippen LogP contribution in [0.25, 0.3) is 0 Å². The first-order chi connectivity index (χ1) is 12.5. The molecule has 0 aliphatic rings. The van der Waals surface area contributed by atoms with E-state index in [1.165, 1.54) is 6.20 Å². The van der Waals surface area contributed by atoms with Crippen molar-refractivity contribution in [1.82, 2.24) is 15.2 Å². The highest BCUT2D eigenvalue weighted by molar-refractivity contribution is 6.03. The van der Waals surface area contributed by atoms with Gasteiger partial charge in [0.25, 0.3) is 5.91 Å². The van der Waals surface area contributed by atoms with Gasteiger partial charge in [0.05, 0.1) is 5.56 Å². The molecular weight excluding hydrogens is 330 g/mol. The fourth-order valence-electron chi connectivity index (χ4n) is 2.19. The van der Waals surface area contributed by atoms with E-state index in [2.05, 4.69) is 32.3 Å². The third kappa shape index (κ3) is 4.13. The maximum atomic E-state index is 12.1. The van der Waals surface area contributed by atoms with E-state index < -0.39 is 5.91 Å². The van der Waals surface area contributed by atoms with Crippen LogP contribution in [0.4, 0.5) is 5.69 Å². The zero-order valence-electron chi connectivity index (χ0n) is 13.9. The molecule has 0 saturated heterocycles. The SMILES string of the molecule is Cc1cc(C(=O)Nc2cccc(C#Cc3cncc(C(N)=O)c3)c2)n[nH]1. The average Bonchev–Trinajstić information content (AvgIpc) is 3.07. The molecule has 0 saturated carbocycles. The molecule has 3 rings (SSSR count). The number of aromatic amines is 1. The van der Waals surface area contributed by atoms with Crippen molar-refractivity contribution in [1.29, 1.82) is 0 Å². The lowest BCUT2D eigenvalue weighted by molar-refractivity contribution is 0.0996. The molecule has 3 aromatic rings. The second-order valence-electron chi connectivity index (χ2n) is 5.55. The van der Waals surface area contributed by atoms with Crippen LogP contribution in [0.5, 0.6) is 0 Å². The zero-order valence-corrected chi connectivity index (χ0v) is 13.9. The van der Waals surface area contributed by atoms with Crippen molar-refractivity contribution in [3.05, 3.63) is 76.9 Å². The number of carbonyl (C=O) groups is 2. The molecule has 7 heteroatoms. The molecule has 1 aromatic carbocycles. The van der Waals surface area contributed by atoms with Gasteiger partial charge in [0.2, 0.25) is 5.91 Å². The second-order valence-corrected chi connectivity index (χ2v) is 5.55. The molecule has 2 heterocycles. The summed E-state index contributed by atoms with van der Waals surface area (Å²) in [5.74, 6) is 5.03. The van der Waals surface area contributed by atoms with Gasteiger partial charge >= 0.3 is 0 Å². The van der Waals surface area contributed by atoms with Crippen LogP contribution in [0.3, 0.4) is 0 Å². The Morgan fingerprint density at radius 3 is 2.65 bits per heavy atom. The molecule has 0 fully saturated rings. The minimum Gasteiger partial charge on any atom is -0.366 e. The Labute approximate surface area is 149 Å². The first-order valence-electron chi connectivity index (χ1n) is 7.71. The minimum atomic E-state index is -0.556. The van der Waals surface area contributed by atoms with E-state index in [-0.39, 0.29) is 5.91 Å². The highest BCUT2D eigenvalue weighted by atomic mass is 16.2. The molecule has 0 spiro atoms. The molecule has 0 aliphatic carbocycles. The van der Waals surface area contributed by atoms with E-state index >= 15 is 0 Å². The van der Waals surface area contributed by atoms with Crippen LogP contribution in [0.1, 0.15) is 37.7 Å². The summed E-state index contributed by atoms with van der Waals surface area (Å²) >= 11 is 0. The molecule has 26 heavy (non-hydrogen) atoms. The monoisotopic (exact) mass is 345 g/mol. The number of carbonyl (C=O) groups excluding carboxylic acids is 2. The number of nitrogens with zero attached hydrogens (tertiary/aromatic N) is 2. The summed E-state index contributed by atoms with van der Waals surface area (Å²) in [6.07, 6.45) is 2.94. The lowest BCUT2D eigenvalue weighted by Crippen LogP contribution is -2.12. The summed E-state index contributed by atoms with van der Waals surface area (Å²) in [5, 5.41) is 9.42. The van der Waals surface area contributed by atoms with Gasteiger partial charge in [0.1, 0.15) is 0 Å². The fraction of sp³-hybridized carbons (Fsp3) is 0.0526. The number of pyridine rings is 1. The minimum absolute atomic E-state index is 0.298. The lowest BCUT2D eigenvalue weighted by Gasteiger charge is -2.03. The first-order valence-corrected chi connectivity index (χ1v) is 7.71. The Bertz CT molecular complexity index is 1040.